The van der Waals surface area contributed by atoms with Crippen molar-refractivity contribution in [3.05, 3.63) is 64.4 Å². The SMILES string of the molecule is CCSc1ccc(C(Cc2cccc(Cl)c2F)NN)cc1. The molecule has 0 saturated heterocycles. The lowest BCUT2D eigenvalue weighted by atomic mass is 9.99. The summed E-state index contributed by atoms with van der Waals surface area (Å²) in [5.41, 5.74) is 4.33. The first-order valence-corrected chi connectivity index (χ1v) is 8.13. The number of hydrazine groups is 1. The molecule has 2 nitrogen and oxygen atoms in total. The lowest BCUT2D eigenvalue weighted by Gasteiger charge is -2.17. The molecular weight excluding hydrogens is 307 g/mol. The van der Waals surface area contributed by atoms with Gasteiger partial charge in [0, 0.05) is 4.90 Å². The fourth-order valence-electron chi connectivity index (χ4n) is 2.16. The van der Waals surface area contributed by atoms with Crippen molar-refractivity contribution in [1.82, 2.24) is 5.43 Å². The predicted octanol–water partition coefficient (Wildman–Crippen LogP) is 4.34. The van der Waals surface area contributed by atoms with Gasteiger partial charge in [-0.1, -0.05) is 42.8 Å². The van der Waals surface area contributed by atoms with Gasteiger partial charge in [-0.2, -0.15) is 0 Å². The van der Waals surface area contributed by atoms with E-state index in [0.717, 1.165) is 11.3 Å². The van der Waals surface area contributed by atoms with Gasteiger partial charge in [-0.25, -0.2) is 4.39 Å². The summed E-state index contributed by atoms with van der Waals surface area (Å²) in [6, 6.07) is 13.0. The molecule has 1 atom stereocenters. The maximum Gasteiger partial charge on any atom is 0.145 e. The van der Waals surface area contributed by atoms with E-state index >= 15 is 0 Å². The van der Waals surface area contributed by atoms with Crippen LogP contribution in [0.15, 0.2) is 47.4 Å². The van der Waals surface area contributed by atoms with Crippen molar-refractivity contribution in [2.45, 2.75) is 24.3 Å². The Morgan fingerprint density at radius 2 is 1.95 bits per heavy atom. The third-order valence-corrected chi connectivity index (χ3v) is 4.44. The predicted molar refractivity (Wildman–Crippen MR) is 88.0 cm³/mol. The van der Waals surface area contributed by atoms with Crippen LogP contribution in [0.2, 0.25) is 5.02 Å². The average Bonchev–Trinajstić information content (AvgIpc) is 2.50. The maximum absolute atomic E-state index is 14.0. The zero-order valence-electron chi connectivity index (χ0n) is 11.8. The van der Waals surface area contributed by atoms with Crippen molar-refractivity contribution in [1.29, 1.82) is 0 Å². The summed E-state index contributed by atoms with van der Waals surface area (Å²) in [5, 5.41) is 0.137. The zero-order valence-corrected chi connectivity index (χ0v) is 13.3. The van der Waals surface area contributed by atoms with E-state index in [1.165, 1.54) is 4.90 Å². The second kappa shape index (κ2) is 7.80. The molecule has 3 N–H and O–H groups in total. The number of hydrogen-bond donors (Lipinski definition) is 2. The Morgan fingerprint density at radius 3 is 2.57 bits per heavy atom. The molecular formula is C16H18ClFN2S. The van der Waals surface area contributed by atoms with Crippen molar-refractivity contribution < 1.29 is 4.39 Å². The van der Waals surface area contributed by atoms with Gasteiger partial charge in [0.15, 0.2) is 0 Å². The molecule has 0 aliphatic carbocycles. The molecule has 0 spiro atoms. The van der Waals surface area contributed by atoms with Crippen LogP contribution in [0.5, 0.6) is 0 Å². The summed E-state index contributed by atoms with van der Waals surface area (Å²) in [7, 11) is 0. The van der Waals surface area contributed by atoms with Gasteiger partial charge in [0.2, 0.25) is 0 Å². The van der Waals surface area contributed by atoms with Gasteiger partial charge >= 0.3 is 0 Å². The van der Waals surface area contributed by atoms with Gasteiger partial charge in [0.1, 0.15) is 5.82 Å². The average molecular weight is 325 g/mol. The number of benzene rings is 2. The Morgan fingerprint density at radius 1 is 1.24 bits per heavy atom. The first-order chi connectivity index (χ1) is 10.2. The topological polar surface area (TPSA) is 38.0 Å². The molecule has 0 aliphatic heterocycles. The number of nitrogens with one attached hydrogen (secondary N) is 1. The van der Waals surface area contributed by atoms with Crippen molar-refractivity contribution in [2.24, 2.45) is 5.84 Å². The molecule has 0 aromatic heterocycles. The lowest BCUT2D eigenvalue weighted by Crippen LogP contribution is -2.29. The van der Waals surface area contributed by atoms with E-state index in [1.807, 2.05) is 12.1 Å². The smallest absolute Gasteiger partial charge is 0.145 e. The molecule has 0 bridgehead atoms. The van der Waals surface area contributed by atoms with Crippen LogP contribution in [0.3, 0.4) is 0 Å². The van der Waals surface area contributed by atoms with E-state index in [4.69, 9.17) is 17.4 Å². The fourth-order valence-corrected chi connectivity index (χ4v) is 3.02. The molecule has 0 radical (unpaired) electrons. The second-order valence-corrected chi connectivity index (χ2v) is 6.38. The zero-order chi connectivity index (χ0) is 15.2. The highest BCUT2D eigenvalue weighted by atomic mass is 35.5. The summed E-state index contributed by atoms with van der Waals surface area (Å²) in [6.45, 7) is 2.12. The molecule has 0 aliphatic rings. The van der Waals surface area contributed by atoms with Crippen molar-refractivity contribution in [3.8, 4) is 0 Å². The monoisotopic (exact) mass is 324 g/mol. The van der Waals surface area contributed by atoms with Gasteiger partial charge in [-0.15, -0.1) is 11.8 Å². The van der Waals surface area contributed by atoms with Gasteiger partial charge in [0.05, 0.1) is 11.1 Å². The molecule has 0 saturated carbocycles. The highest BCUT2D eigenvalue weighted by Gasteiger charge is 2.14. The minimum Gasteiger partial charge on any atom is -0.271 e. The van der Waals surface area contributed by atoms with Gasteiger partial charge in [-0.3, -0.25) is 11.3 Å². The minimum absolute atomic E-state index is 0.137. The van der Waals surface area contributed by atoms with E-state index in [0.29, 0.717) is 12.0 Å². The third-order valence-electron chi connectivity index (χ3n) is 3.25. The Labute approximate surface area is 133 Å². The molecule has 0 heterocycles. The normalized spacial score (nSPS) is 12.4. The fraction of sp³-hybridized carbons (Fsp3) is 0.250. The van der Waals surface area contributed by atoms with E-state index in [9.17, 15) is 4.39 Å². The molecule has 2 aromatic carbocycles. The quantitative estimate of drug-likeness (QED) is 0.471. The summed E-state index contributed by atoms with van der Waals surface area (Å²) < 4.78 is 14.0. The summed E-state index contributed by atoms with van der Waals surface area (Å²) in [6.07, 6.45) is 0.448. The van der Waals surface area contributed by atoms with Gasteiger partial charge in [-0.05, 0) is 41.5 Å². The maximum atomic E-state index is 14.0. The molecule has 5 heteroatoms. The molecule has 2 aromatic rings. The molecule has 21 heavy (non-hydrogen) atoms. The molecule has 0 amide bonds. The van der Waals surface area contributed by atoms with Crippen LogP contribution < -0.4 is 11.3 Å². The Bertz CT molecular complexity index is 589. The van der Waals surface area contributed by atoms with E-state index < -0.39 is 0 Å². The third kappa shape index (κ3) is 4.20. The van der Waals surface area contributed by atoms with Crippen LogP contribution in [-0.2, 0) is 6.42 Å². The number of hydrogen-bond acceptors (Lipinski definition) is 3. The molecule has 1 unspecified atom stereocenters. The van der Waals surface area contributed by atoms with Gasteiger partial charge in [0.25, 0.3) is 0 Å². The van der Waals surface area contributed by atoms with Crippen LogP contribution in [0, 0.1) is 5.82 Å². The van der Waals surface area contributed by atoms with Crippen molar-refractivity contribution in [2.75, 3.05) is 5.75 Å². The van der Waals surface area contributed by atoms with Crippen molar-refractivity contribution in [3.63, 3.8) is 0 Å². The van der Waals surface area contributed by atoms with Gasteiger partial charge < -0.3 is 0 Å². The molecule has 0 fully saturated rings. The van der Waals surface area contributed by atoms with Crippen LogP contribution in [-0.4, -0.2) is 5.75 Å². The van der Waals surface area contributed by atoms with Crippen LogP contribution in [0.25, 0.3) is 0 Å². The number of nitrogens with two attached hydrogens (primary N) is 1. The number of rotatable bonds is 6. The first-order valence-electron chi connectivity index (χ1n) is 6.77. The highest BCUT2D eigenvalue weighted by Crippen LogP contribution is 2.25. The second-order valence-electron chi connectivity index (χ2n) is 4.64. The van der Waals surface area contributed by atoms with Crippen molar-refractivity contribution >= 4 is 23.4 Å². The summed E-state index contributed by atoms with van der Waals surface area (Å²) in [5.74, 6) is 6.28. The number of halogens is 2. The summed E-state index contributed by atoms with van der Waals surface area (Å²) >= 11 is 7.60. The lowest BCUT2D eigenvalue weighted by molar-refractivity contribution is 0.529. The van der Waals surface area contributed by atoms with E-state index in [-0.39, 0.29) is 16.9 Å². The molecule has 2 rings (SSSR count). The molecule has 112 valence electrons. The Balaban J connectivity index is 2.17. The highest BCUT2D eigenvalue weighted by molar-refractivity contribution is 7.99. The minimum atomic E-state index is -0.377. The first kappa shape index (κ1) is 16.3. The van der Waals surface area contributed by atoms with Crippen LogP contribution in [0.4, 0.5) is 4.39 Å². The number of thioether (sulfide) groups is 1. The van der Waals surface area contributed by atoms with E-state index in [2.05, 4.69) is 24.5 Å². The van der Waals surface area contributed by atoms with E-state index in [1.54, 1.807) is 30.0 Å². The van der Waals surface area contributed by atoms with Crippen LogP contribution >= 0.6 is 23.4 Å². The standard InChI is InChI=1S/C16H18ClFN2S/c1-2-21-13-8-6-11(7-9-13)15(20-19)10-12-4-3-5-14(17)16(12)18/h3-9,15,20H,2,10,19H2,1H3. The Kier molecular flexibility index (Phi) is 6.06. The van der Waals surface area contributed by atoms with Crippen LogP contribution in [0.1, 0.15) is 24.1 Å². The summed E-state index contributed by atoms with van der Waals surface area (Å²) in [4.78, 5) is 1.21. The Hall–Kier alpha value is -1.07. The largest absolute Gasteiger partial charge is 0.271 e.